The maximum absolute atomic E-state index is 12.9. The van der Waals surface area contributed by atoms with Gasteiger partial charge in [-0.2, -0.15) is 0 Å². The van der Waals surface area contributed by atoms with Crippen molar-refractivity contribution in [2.24, 2.45) is 5.73 Å². The number of thiazole rings is 1. The predicted octanol–water partition coefficient (Wildman–Crippen LogP) is 3.39. The summed E-state index contributed by atoms with van der Waals surface area (Å²) >= 11 is 1.65. The molecule has 0 spiro atoms. The van der Waals surface area contributed by atoms with E-state index in [0.29, 0.717) is 0 Å². The molecule has 1 aliphatic rings. The molecule has 1 aromatic heterocycles. The lowest BCUT2D eigenvalue weighted by Gasteiger charge is -2.16. The van der Waals surface area contributed by atoms with E-state index in [0.717, 1.165) is 35.8 Å². The average Bonchev–Trinajstić information content (AvgIpc) is 2.84. The largest absolute Gasteiger partial charge is 0.323 e. The zero-order valence-electron chi connectivity index (χ0n) is 10.8. The molecular formula is C14H16FN3S. The Morgan fingerprint density at radius 1 is 1.37 bits per heavy atom. The molecule has 0 saturated carbocycles. The molecule has 3 rings (SSSR count). The first-order valence-electron chi connectivity index (χ1n) is 6.39. The molecule has 5 heteroatoms. The molecule has 2 N–H and O–H groups in total. The number of benzene rings is 1. The highest BCUT2D eigenvalue weighted by atomic mass is 32.1. The number of aryl methyl sites for hydroxylation is 1. The predicted molar refractivity (Wildman–Crippen MR) is 76.4 cm³/mol. The monoisotopic (exact) mass is 277 g/mol. The van der Waals surface area contributed by atoms with Crippen molar-refractivity contribution >= 4 is 22.2 Å². The highest BCUT2D eigenvalue weighted by Crippen LogP contribution is 2.37. The average molecular weight is 277 g/mol. The molecule has 0 saturated heterocycles. The van der Waals surface area contributed by atoms with Crippen LogP contribution in [0.15, 0.2) is 24.3 Å². The van der Waals surface area contributed by atoms with Crippen molar-refractivity contribution in [2.45, 2.75) is 25.3 Å². The van der Waals surface area contributed by atoms with Crippen LogP contribution >= 0.6 is 11.3 Å². The van der Waals surface area contributed by atoms with Gasteiger partial charge in [0.05, 0.1) is 5.69 Å². The minimum absolute atomic E-state index is 0.122. The van der Waals surface area contributed by atoms with E-state index in [1.54, 1.807) is 23.5 Å². The van der Waals surface area contributed by atoms with Crippen molar-refractivity contribution in [1.29, 1.82) is 0 Å². The maximum Gasteiger partial charge on any atom is 0.190 e. The third-order valence-corrected chi connectivity index (χ3v) is 4.79. The Morgan fingerprint density at radius 3 is 2.79 bits per heavy atom. The van der Waals surface area contributed by atoms with Crippen molar-refractivity contribution in [2.75, 3.05) is 11.9 Å². The summed E-state index contributed by atoms with van der Waals surface area (Å²) in [6.07, 6.45) is 3.16. The van der Waals surface area contributed by atoms with E-state index in [1.165, 1.54) is 17.0 Å². The number of halogens is 1. The SMILES string of the molecule is CN(c1ccc(F)cc1)c1nc2c(s1)C(N)CCC2. The molecule has 0 radical (unpaired) electrons. The Kier molecular flexibility index (Phi) is 3.24. The van der Waals surface area contributed by atoms with Gasteiger partial charge in [0.15, 0.2) is 5.13 Å². The van der Waals surface area contributed by atoms with E-state index < -0.39 is 0 Å². The van der Waals surface area contributed by atoms with Crippen LogP contribution in [0.5, 0.6) is 0 Å². The Labute approximate surface area is 115 Å². The molecule has 0 aliphatic heterocycles. The van der Waals surface area contributed by atoms with Crippen molar-refractivity contribution in [3.05, 3.63) is 40.7 Å². The molecule has 0 bridgehead atoms. The summed E-state index contributed by atoms with van der Waals surface area (Å²) in [4.78, 5) is 7.86. The summed E-state index contributed by atoms with van der Waals surface area (Å²) < 4.78 is 12.9. The second-order valence-electron chi connectivity index (χ2n) is 4.84. The minimum Gasteiger partial charge on any atom is -0.323 e. The summed E-state index contributed by atoms with van der Waals surface area (Å²) in [6, 6.07) is 6.57. The Morgan fingerprint density at radius 2 is 2.11 bits per heavy atom. The van der Waals surface area contributed by atoms with E-state index >= 15 is 0 Å². The van der Waals surface area contributed by atoms with E-state index in [-0.39, 0.29) is 11.9 Å². The van der Waals surface area contributed by atoms with Crippen LogP contribution in [0.3, 0.4) is 0 Å². The van der Waals surface area contributed by atoms with Crippen LogP contribution in [0.2, 0.25) is 0 Å². The molecule has 100 valence electrons. The third kappa shape index (κ3) is 2.35. The second kappa shape index (κ2) is 4.90. The zero-order chi connectivity index (χ0) is 13.4. The summed E-state index contributed by atoms with van der Waals surface area (Å²) in [7, 11) is 1.95. The van der Waals surface area contributed by atoms with Gasteiger partial charge in [-0.3, -0.25) is 0 Å². The molecule has 1 heterocycles. The van der Waals surface area contributed by atoms with Crippen molar-refractivity contribution in [3.8, 4) is 0 Å². The molecule has 0 fully saturated rings. The topological polar surface area (TPSA) is 42.2 Å². The van der Waals surface area contributed by atoms with Gasteiger partial charge in [0.25, 0.3) is 0 Å². The van der Waals surface area contributed by atoms with Gasteiger partial charge in [0.1, 0.15) is 5.82 Å². The third-order valence-electron chi connectivity index (χ3n) is 3.48. The van der Waals surface area contributed by atoms with Crippen LogP contribution in [-0.2, 0) is 6.42 Å². The summed E-state index contributed by atoms with van der Waals surface area (Å²) in [6.45, 7) is 0. The van der Waals surface area contributed by atoms with Gasteiger partial charge in [0, 0.05) is 23.7 Å². The van der Waals surface area contributed by atoms with Crippen molar-refractivity contribution in [1.82, 2.24) is 4.98 Å². The summed E-state index contributed by atoms with van der Waals surface area (Å²) in [5, 5.41) is 0.925. The smallest absolute Gasteiger partial charge is 0.190 e. The van der Waals surface area contributed by atoms with E-state index in [9.17, 15) is 4.39 Å². The second-order valence-corrected chi connectivity index (χ2v) is 5.85. The lowest BCUT2D eigenvalue weighted by Crippen LogP contribution is -2.15. The van der Waals surface area contributed by atoms with Gasteiger partial charge < -0.3 is 10.6 Å². The van der Waals surface area contributed by atoms with E-state index in [4.69, 9.17) is 5.73 Å². The van der Waals surface area contributed by atoms with Crippen molar-refractivity contribution < 1.29 is 4.39 Å². The number of nitrogens with zero attached hydrogens (tertiary/aromatic N) is 2. The fourth-order valence-electron chi connectivity index (χ4n) is 2.36. The van der Waals surface area contributed by atoms with Crippen LogP contribution < -0.4 is 10.6 Å². The Bertz CT molecular complexity index is 579. The number of fused-ring (bicyclic) bond motifs is 1. The van der Waals surface area contributed by atoms with Crippen LogP contribution in [-0.4, -0.2) is 12.0 Å². The first-order valence-corrected chi connectivity index (χ1v) is 7.21. The molecule has 19 heavy (non-hydrogen) atoms. The Balaban J connectivity index is 1.92. The molecule has 3 nitrogen and oxygen atoms in total. The lowest BCUT2D eigenvalue weighted by atomic mass is 9.99. The number of aromatic nitrogens is 1. The molecular weight excluding hydrogens is 261 g/mol. The minimum atomic E-state index is -0.224. The Hall–Kier alpha value is -1.46. The fraction of sp³-hybridized carbons (Fsp3) is 0.357. The number of hydrogen-bond acceptors (Lipinski definition) is 4. The number of nitrogens with two attached hydrogens (primary N) is 1. The fourth-order valence-corrected chi connectivity index (χ4v) is 3.49. The summed E-state index contributed by atoms with van der Waals surface area (Å²) in [5.41, 5.74) is 8.18. The van der Waals surface area contributed by atoms with Gasteiger partial charge in [-0.15, -0.1) is 0 Å². The number of hydrogen-bond donors (Lipinski definition) is 1. The molecule has 2 aromatic rings. The quantitative estimate of drug-likeness (QED) is 0.915. The van der Waals surface area contributed by atoms with E-state index in [2.05, 4.69) is 4.98 Å². The normalized spacial score (nSPS) is 18.2. The van der Waals surface area contributed by atoms with Crippen LogP contribution in [0.1, 0.15) is 29.5 Å². The lowest BCUT2D eigenvalue weighted by molar-refractivity contribution is 0.573. The highest BCUT2D eigenvalue weighted by molar-refractivity contribution is 7.15. The standard InChI is InChI=1S/C14H16FN3S/c1-18(10-7-5-9(15)6-8-10)14-17-12-4-2-3-11(16)13(12)19-14/h5-8,11H,2-4,16H2,1H3. The molecule has 1 unspecified atom stereocenters. The first-order chi connectivity index (χ1) is 9.15. The van der Waals surface area contributed by atoms with Crippen LogP contribution in [0.25, 0.3) is 0 Å². The molecule has 1 aromatic carbocycles. The molecule has 1 atom stereocenters. The molecule has 1 aliphatic carbocycles. The van der Waals surface area contributed by atoms with Gasteiger partial charge in [-0.1, -0.05) is 11.3 Å². The van der Waals surface area contributed by atoms with Gasteiger partial charge in [0.2, 0.25) is 0 Å². The van der Waals surface area contributed by atoms with Gasteiger partial charge in [-0.05, 0) is 43.5 Å². The molecule has 0 amide bonds. The first kappa shape index (κ1) is 12.6. The summed E-state index contributed by atoms with van der Waals surface area (Å²) in [5.74, 6) is -0.224. The van der Waals surface area contributed by atoms with Gasteiger partial charge >= 0.3 is 0 Å². The maximum atomic E-state index is 12.9. The van der Waals surface area contributed by atoms with Gasteiger partial charge in [-0.25, -0.2) is 9.37 Å². The van der Waals surface area contributed by atoms with Crippen LogP contribution in [0, 0.1) is 5.82 Å². The van der Waals surface area contributed by atoms with E-state index in [1.807, 2.05) is 11.9 Å². The zero-order valence-corrected chi connectivity index (χ0v) is 11.6. The number of anilines is 2. The van der Waals surface area contributed by atoms with Crippen LogP contribution in [0.4, 0.5) is 15.2 Å². The number of rotatable bonds is 2. The van der Waals surface area contributed by atoms with Crippen molar-refractivity contribution in [3.63, 3.8) is 0 Å². The highest BCUT2D eigenvalue weighted by Gasteiger charge is 2.23.